The van der Waals surface area contributed by atoms with Crippen molar-refractivity contribution in [1.29, 1.82) is 0 Å². The molecule has 0 saturated heterocycles. The number of Topliss-reactive ketones (excluding diaryl/α,β-unsaturated/α-hetero) is 1. The maximum atomic E-state index is 12.7. The Morgan fingerprint density at radius 2 is 1.70 bits per heavy atom. The average Bonchev–Trinajstić information content (AvgIpc) is 2.82. The first-order valence-corrected chi connectivity index (χ1v) is 7.79. The Labute approximate surface area is 136 Å². The van der Waals surface area contributed by atoms with Crippen molar-refractivity contribution >= 4 is 5.78 Å². The minimum atomic E-state index is -0.211. The van der Waals surface area contributed by atoms with Crippen LogP contribution in [0.15, 0.2) is 42.5 Å². The lowest BCUT2D eigenvalue weighted by Gasteiger charge is -2.16. The van der Waals surface area contributed by atoms with Gasteiger partial charge in [-0.2, -0.15) is 0 Å². The summed E-state index contributed by atoms with van der Waals surface area (Å²) in [7, 11) is 3.27. The van der Waals surface area contributed by atoms with Gasteiger partial charge in [0.05, 0.1) is 20.3 Å². The van der Waals surface area contributed by atoms with Gasteiger partial charge >= 0.3 is 0 Å². The van der Waals surface area contributed by atoms with Gasteiger partial charge in [0.2, 0.25) is 0 Å². The number of methoxy groups -OCH3 is 2. The summed E-state index contributed by atoms with van der Waals surface area (Å²) >= 11 is 0. The van der Waals surface area contributed by atoms with E-state index in [9.17, 15) is 4.79 Å². The third-order valence-corrected chi connectivity index (χ3v) is 4.29. The van der Waals surface area contributed by atoms with Crippen LogP contribution >= 0.6 is 0 Å². The minimum absolute atomic E-state index is 0.133. The summed E-state index contributed by atoms with van der Waals surface area (Å²) in [5.74, 6) is 1.58. The molecular formula is C19H21NO3. The van der Waals surface area contributed by atoms with Crippen molar-refractivity contribution in [1.82, 2.24) is 5.32 Å². The van der Waals surface area contributed by atoms with Crippen LogP contribution in [-0.2, 0) is 12.8 Å². The normalized spacial score (nSPS) is 17.0. The lowest BCUT2D eigenvalue weighted by Crippen LogP contribution is -2.38. The van der Waals surface area contributed by atoms with Crippen LogP contribution in [0.4, 0.5) is 0 Å². The van der Waals surface area contributed by atoms with Gasteiger partial charge in [-0.1, -0.05) is 30.3 Å². The fraction of sp³-hybridized carbons (Fsp3) is 0.316. The van der Waals surface area contributed by atoms with Gasteiger partial charge in [0, 0.05) is 5.56 Å². The molecule has 0 saturated carbocycles. The zero-order valence-electron chi connectivity index (χ0n) is 13.5. The molecule has 1 heterocycles. The molecule has 4 heteroatoms. The zero-order chi connectivity index (χ0) is 16.2. The smallest absolute Gasteiger partial charge is 0.180 e. The molecule has 2 aromatic carbocycles. The maximum Gasteiger partial charge on any atom is 0.180 e. The highest BCUT2D eigenvalue weighted by Gasteiger charge is 2.24. The van der Waals surface area contributed by atoms with Crippen molar-refractivity contribution in [3.8, 4) is 11.5 Å². The molecule has 0 spiro atoms. The number of carbonyl (C=O) groups excluding carboxylic acids is 1. The topological polar surface area (TPSA) is 47.6 Å². The maximum absolute atomic E-state index is 12.7. The summed E-state index contributed by atoms with van der Waals surface area (Å²) < 4.78 is 10.8. The van der Waals surface area contributed by atoms with Crippen molar-refractivity contribution in [3.63, 3.8) is 0 Å². The zero-order valence-corrected chi connectivity index (χ0v) is 13.5. The predicted octanol–water partition coefficient (Wildman–Crippen LogP) is 2.64. The monoisotopic (exact) mass is 311 g/mol. The van der Waals surface area contributed by atoms with E-state index in [4.69, 9.17) is 9.47 Å². The Kier molecular flexibility index (Phi) is 4.63. The van der Waals surface area contributed by atoms with Crippen LogP contribution in [0.1, 0.15) is 21.5 Å². The molecule has 4 nitrogen and oxygen atoms in total. The molecule has 1 unspecified atom stereocenters. The molecule has 1 atom stereocenters. The van der Waals surface area contributed by atoms with E-state index in [0.29, 0.717) is 12.2 Å². The minimum Gasteiger partial charge on any atom is -0.493 e. The molecule has 3 rings (SSSR count). The number of hydrogen-bond donors (Lipinski definition) is 1. The fourth-order valence-electron chi connectivity index (χ4n) is 3.05. The summed E-state index contributed by atoms with van der Waals surface area (Å²) in [5, 5.41) is 3.37. The number of benzene rings is 2. The quantitative estimate of drug-likeness (QED) is 0.882. The largest absolute Gasteiger partial charge is 0.493 e. The fourth-order valence-corrected chi connectivity index (χ4v) is 3.05. The molecule has 0 aromatic heterocycles. The van der Waals surface area contributed by atoms with E-state index in [1.807, 2.05) is 42.5 Å². The van der Waals surface area contributed by atoms with E-state index in [1.54, 1.807) is 14.2 Å². The molecule has 2 aromatic rings. The average molecular weight is 311 g/mol. The summed E-state index contributed by atoms with van der Waals surface area (Å²) in [4.78, 5) is 12.7. The Morgan fingerprint density at radius 1 is 1.04 bits per heavy atom. The molecule has 0 bridgehead atoms. The van der Waals surface area contributed by atoms with Crippen molar-refractivity contribution < 1.29 is 14.3 Å². The number of rotatable bonds is 4. The number of nitrogens with one attached hydrogen (secondary N) is 1. The van der Waals surface area contributed by atoms with E-state index in [1.165, 1.54) is 5.56 Å². The van der Waals surface area contributed by atoms with Gasteiger partial charge in [-0.3, -0.25) is 4.79 Å². The summed E-state index contributed by atoms with van der Waals surface area (Å²) in [6.45, 7) is 0.770. The lowest BCUT2D eigenvalue weighted by molar-refractivity contribution is 0.0944. The number of fused-ring (bicyclic) bond motifs is 1. The molecule has 1 N–H and O–H groups in total. The van der Waals surface area contributed by atoms with Crippen LogP contribution in [0.25, 0.3) is 0 Å². The second-order valence-corrected chi connectivity index (χ2v) is 5.67. The van der Waals surface area contributed by atoms with Gasteiger partial charge < -0.3 is 14.8 Å². The van der Waals surface area contributed by atoms with Crippen molar-refractivity contribution in [2.75, 3.05) is 20.8 Å². The number of ketones is 1. The molecule has 0 amide bonds. The Morgan fingerprint density at radius 3 is 2.35 bits per heavy atom. The molecule has 120 valence electrons. The van der Waals surface area contributed by atoms with Gasteiger partial charge in [0.15, 0.2) is 17.3 Å². The lowest BCUT2D eigenvalue weighted by atomic mass is 9.95. The van der Waals surface area contributed by atoms with Crippen LogP contribution in [0.5, 0.6) is 11.5 Å². The number of ether oxygens (including phenoxy) is 2. The van der Waals surface area contributed by atoms with Crippen LogP contribution < -0.4 is 14.8 Å². The second kappa shape index (κ2) is 6.84. The third kappa shape index (κ3) is 3.22. The SMILES string of the molecule is COc1cc2c(cc1OC)CC(C(=O)c1ccccc1)NCC2. The molecule has 23 heavy (non-hydrogen) atoms. The van der Waals surface area contributed by atoms with Gasteiger partial charge in [-0.15, -0.1) is 0 Å². The summed E-state index contributed by atoms with van der Waals surface area (Å²) in [5.41, 5.74) is 3.09. The van der Waals surface area contributed by atoms with Crippen molar-refractivity contribution in [2.45, 2.75) is 18.9 Å². The summed E-state index contributed by atoms with van der Waals surface area (Å²) in [6.07, 6.45) is 1.53. The molecule has 0 aliphatic carbocycles. The molecule has 1 aliphatic heterocycles. The highest BCUT2D eigenvalue weighted by molar-refractivity contribution is 6.00. The highest BCUT2D eigenvalue weighted by atomic mass is 16.5. The Bertz CT molecular complexity index is 697. The molecule has 0 fully saturated rings. The number of carbonyl (C=O) groups is 1. The van der Waals surface area contributed by atoms with E-state index in [-0.39, 0.29) is 11.8 Å². The van der Waals surface area contributed by atoms with Gasteiger partial charge in [-0.05, 0) is 42.6 Å². The molecule has 1 aliphatic rings. The first-order chi connectivity index (χ1) is 11.2. The van der Waals surface area contributed by atoms with Gasteiger partial charge in [0.25, 0.3) is 0 Å². The Hall–Kier alpha value is -2.33. The third-order valence-electron chi connectivity index (χ3n) is 4.29. The van der Waals surface area contributed by atoms with Gasteiger partial charge in [0.1, 0.15) is 0 Å². The van der Waals surface area contributed by atoms with Crippen LogP contribution in [-0.4, -0.2) is 32.6 Å². The van der Waals surface area contributed by atoms with Crippen LogP contribution in [0, 0.1) is 0 Å². The molecular weight excluding hydrogens is 290 g/mol. The van der Waals surface area contributed by atoms with Crippen molar-refractivity contribution in [2.24, 2.45) is 0 Å². The second-order valence-electron chi connectivity index (χ2n) is 5.67. The van der Waals surface area contributed by atoms with E-state index in [2.05, 4.69) is 5.32 Å². The highest BCUT2D eigenvalue weighted by Crippen LogP contribution is 2.32. The standard InChI is InChI=1S/C19H21NO3/c1-22-17-11-14-8-9-20-16(10-15(14)12-18(17)23-2)19(21)13-6-4-3-5-7-13/h3-7,11-12,16,20H,8-10H2,1-2H3. The van der Waals surface area contributed by atoms with E-state index in [0.717, 1.165) is 29.8 Å². The van der Waals surface area contributed by atoms with Crippen molar-refractivity contribution in [3.05, 3.63) is 59.2 Å². The Balaban J connectivity index is 1.90. The molecule has 0 radical (unpaired) electrons. The van der Waals surface area contributed by atoms with Crippen LogP contribution in [0.2, 0.25) is 0 Å². The van der Waals surface area contributed by atoms with E-state index >= 15 is 0 Å². The van der Waals surface area contributed by atoms with Gasteiger partial charge in [-0.25, -0.2) is 0 Å². The predicted molar refractivity (Wildman–Crippen MR) is 89.5 cm³/mol. The summed E-state index contributed by atoms with van der Waals surface area (Å²) in [6, 6.07) is 13.2. The van der Waals surface area contributed by atoms with Crippen LogP contribution in [0.3, 0.4) is 0 Å². The first-order valence-electron chi connectivity index (χ1n) is 7.79. The first kappa shape index (κ1) is 15.6. The number of hydrogen-bond acceptors (Lipinski definition) is 4. The van der Waals surface area contributed by atoms with E-state index < -0.39 is 0 Å².